The van der Waals surface area contributed by atoms with Gasteiger partial charge in [-0.25, -0.2) is 8.42 Å². The molecule has 1 saturated heterocycles. The minimum atomic E-state index is -3.72. The normalized spacial score (nSPS) is 13.7. The Balaban J connectivity index is 1.66. The molecule has 168 valence electrons. The quantitative estimate of drug-likeness (QED) is 0.635. The van der Waals surface area contributed by atoms with Crippen molar-refractivity contribution < 1.29 is 22.7 Å². The Morgan fingerprint density at radius 1 is 1.06 bits per heavy atom. The molecule has 1 fully saturated rings. The highest BCUT2D eigenvalue weighted by Crippen LogP contribution is 2.33. The third-order valence-electron chi connectivity index (χ3n) is 5.24. The summed E-state index contributed by atoms with van der Waals surface area (Å²) in [6.07, 6.45) is 3.49. The van der Waals surface area contributed by atoms with Crippen molar-refractivity contribution in [1.82, 2.24) is 5.32 Å². The lowest BCUT2D eigenvalue weighted by Crippen LogP contribution is -2.40. The molecule has 1 aliphatic heterocycles. The average molecular weight is 448 g/mol. The molecule has 0 unspecified atom stereocenters. The molecule has 0 spiro atoms. The van der Waals surface area contributed by atoms with E-state index in [0.717, 1.165) is 29.2 Å². The number of carbonyl (C=O) groups is 1. The highest BCUT2D eigenvalue weighted by Gasteiger charge is 2.24. The van der Waals surface area contributed by atoms with Gasteiger partial charge in [0.1, 0.15) is 18.0 Å². The molecule has 0 saturated carbocycles. The fraction of sp³-hybridized carbons (Fsp3) is 0.409. The number of amides is 1. The van der Waals surface area contributed by atoms with Gasteiger partial charge in [-0.1, -0.05) is 12.1 Å². The molecule has 2 aromatic rings. The molecule has 0 radical (unpaired) electrons. The first-order valence-electron chi connectivity index (χ1n) is 10.1. The van der Waals surface area contributed by atoms with Gasteiger partial charge in [0, 0.05) is 31.4 Å². The standard InChI is InChI=1S/C22H29N3O5S/c1-29-19-10-11-20(21(14-19)30-2)25(31(3,27)28)16-22(26)23-15-17-6-8-18(9-7-17)24-12-4-5-13-24/h6-11,14H,4-5,12-13,15-16H2,1-3H3,(H,23,26). The van der Waals surface area contributed by atoms with Crippen molar-refractivity contribution in [2.75, 3.05) is 49.3 Å². The minimum absolute atomic E-state index is 0.274. The van der Waals surface area contributed by atoms with Crippen molar-refractivity contribution in [2.24, 2.45) is 0 Å². The van der Waals surface area contributed by atoms with Gasteiger partial charge in [0.25, 0.3) is 0 Å². The number of hydrogen-bond acceptors (Lipinski definition) is 6. The second-order valence-corrected chi connectivity index (χ2v) is 9.35. The van der Waals surface area contributed by atoms with Crippen LogP contribution in [0.2, 0.25) is 0 Å². The lowest BCUT2D eigenvalue weighted by molar-refractivity contribution is -0.119. The van der Waals surface area contributed by atoms with E-state index in [1.807, 2.05) is 12.1 Å². The molecule has 31 heavy (non-hydrogen) atoms. The smallest absolute Gasteiger partial charge is 0.241 e. The lowest BCUT2D eigenvalue weighted by Gasteiger charge is -2.24. The van der Waals surface area contributed by atoms with Crippen molar-refractivity contribution in [1.29, 1.82) is 0 Å². The molecular formula is C22H29N3O5S. The van der Waals surface area contributed by atoms with Crippen LogP contribution >= 0.6 is 0 Å². The number of carbonyl (C=O) groups excluding carboxylic acids is 1. The number of ether oxygens (including phenoxy) is 2. The van der Waals surface area contributed by atoms with Crippen molar-refractivity contribution >= 4 is 27.3 Å². The summed E-state index contributed by atoms with van der Waals surface area (Å²) in [5.41, 5.74) is 2.41. The second kappa shape index (κ2) is 9.91. The molecule has 1 aliphatic rings. The van der Waals surface area contributed by atoms with Crippen LogP contribution in [-0.4, -0.2) is 54.4 Å². The number of methoxy groups -OCH3 is 2. The molecular weight excluding hydrogens is 418 g/mol. The summed E-state index contributed by atoms with van der Waals surface area (Å²) in [5, 5.41) is 2.80. The summed E-state index contributed by atoms with van der Waals surface area (Å²) in [4.78, 5) is 14.9. The summed E-state index contributed by atoms with van der Waals surface area (Å²) in [6.45, 7) is 2.11. The van der Waals surface area contributed by atoms with Crippen LogP contribution in [0.15, 0.2) is 42.5 Å². The largest absolute Gasteiger partial charge is 0.497 e. The Kier molecular flexibility index (Phi) is 7.27. The van der Waals surface area contributed by atoms with E-state index >= 15 is 0 Å². The Hall–Kier alpha value is -2.94. The third kappa shape index (κ3) is 5.81. The zero-order chi connectivity index (χ0) is 22.4. The van der Waals surface area contributed by atoms with E-state index in [1.54, 1.807) is 18.2 Å². The summed E-state index contributed by atoms with van der Waals surface area (Å²) in [6, 6.07) is 12.8. The predicted molar refractivity (Wildman–Crippen MR) is 121 cm³/mol. The highest BCUT2D eigenvalue weighted by atomic mass is 32.2. The predicted octanol–water partition coefficient (Wildman–Crippen LogP) is 2.39. The van der Waals surface area contributed by atoms with Gasteiger partial charge >= 0.3 is 0 Å². The van der Waals surface area contributed by atoms with Crippen LogP contribution in [0.25, 0.3) is 0 Å². The number of anilines is 2. The van der Waals surface area contributed by atoms with E-state index < -0.39 is 15.9 Å². The van der Waals surface area contributed by atoms with Crippen molar-refractivity contribution in [3.05, 3.63) is 48.0 Å². The number of nitrogens with one attached hydrogen (secondary N) is 1. The minimum Gasteiger partial charge on any atom is -0.497 e. The van der Waals surface area contributed by atoms with E-state index in [2.05, 4.69) is 22.3 Å². The molecule has 2 aromatic carbocycles. The maximum Gasteiger partial charge on any atom is 0.241 e. The van der Waals surface area contributed by atoms with E-state index in [9.17, 15) is 13.2 Å². The summed E-state index contributed by atoms with van der Waals surface area (Å²) in [5.74, 6) is 0.415. The third-order valence-corrected chi connectivity index (χ3v) is 6.37. The SMILES string of the molecule is COc1ccc(N(CC(=O)NCc2ccc(N3CCCC3)cc2)S(C)(=O)=O)c(OC)c1. The molecule has 8 nitrogen and oxygen atoms in total. The molecule has 3 rings (SSSR count). The molecule has 0 bridgehead atoms. The monoisotopic (exact) mass is 447 g/mol. The topological polar surface area (TPSA) is 88.2 Å². The number of nitrogens with zero attached hydrogens (tertiary/aromatic N) is 2. The van der Waals surface area contributed by atoms with Crippen LogP contribution in [0, 0.1) is 0 Å². The molecule has 1 N–H and O–H groups in total. The lowest BCUT2D eigenvalue weighted by atomic mass is 10.2. The Labute approximate surface area is 183 Å². The zero-order valence-corrected chi connectivity index (χ0v) is 18.9. The first-order valence-corrected chi connectivity index (χ1v) is 12.0. The van der Waals surface area contributed by atoms with E-state index in [-0.39, 0.29) is 12.2 Å². The fourth-order valence-electron chi connectivity index (χ4n) is 3.56. The molecule has 0 aliphatic carbocycles. The van der Waals surface area contributed by atoms with E-state index in [0.29, 0.717) is 18.0 Å². The van der Waals surface area contributed by atoms with Crippen molar-refractivity contribution in [3.8, 4) is 11.5 Å². The second-order valence-electron chi connectivity index (χ2n) is 7.44. The van der Waals surface area contributed by atoms with Crippen LogP contribution in [-0.2, 0) is 21.4 Å². The number of sulfonamides is 1. The number of rotatable bonds is 9. The van der Waals surface area contributed by atoms with Crippen molar-refractivity contribution in [2.45, 2.75) is 19.4 Å². The molecule has 1 heterocycles. The fourth-order valence-corrected chi connectivity index (χ4v) is 4.42. The molecule has 1 amide bonds. The van der Waals surface area contributed by atoms with Gasteiger partial charge in [-0.05, 0) is 42.7 Å². The summed E-state index contributed by atoms with van der Waals surface area (Å²) >= 11 is 0. The molecule has 9 heteroatoms. The van der Waals surface area contributed by atoms with Crippen LogP contribution < -0.4 is 24.0 Å². The maximum absolute atomic E-state index is 12.6. The first-order chi connectivity index (χ1) is 14.8. The zero-order valence-electron chi connectivity index (χ0n) is 18.1. The van der Waals surface area contributed by atoms with Gasteiger partial charge in [0.2, 0.25) is 15.9 Å². The summed E-state index contributed by atoms with van der Waals surface area (Å²) in [7, 11) is -0.774. The van der Waals surface area contributed by atoms with Gasteiger partial charge in [-0.3, -0.25) is 9.10 Å². The van der Waals surface area contributed by atoms with E-state index in [1.165, 1.54) is 32.7 Å². The Bertz CT molecular complexity index is 1000. The molecule has 0 aromatic heterocycles. The van der Waals surface area contributed by atoms with Gasteiger partial charge in [0.15, 0.2) is 0 Å². The number of benzene rings is 2. The van der Waals surface area contributed by atoms with Crippen LogP contribution in [0.3, 0.4) is 0 Å². The number of hydrogen-bond donors (Lipinski definition) is 1. The average Bonchev–Trinajstić information content (AvgIpc) is 3.30. The van der Waals surface area contributed by atoms with E-state index in [4.69, 9.17) is 9.47 Å². The molecule has 0 atom stereocenters. The van der Waals surface area contributed by atoms with Crippen LogP contribution in [0.4, 0.5) is 11.4 Å². The van der Waals surface area contributed by atoms with Gasteiger partial charge < -0.3 is 19.7 Å². The Morgan fingerprint density at radius 2 is 1.74 bits per heavy atom. The van der Waals surface area contributed by atoms with Gasteiger partial charge in [-0.2, -0.15) is 0 Å². The van der Waals surface area contributed by atoms with Gasteiger partial charge in [0.05, 0.1) is 26.2 Å². The summed E-state index contributed by atoms with van der Waals surface area (Å²) < 4.78 is 36.3. The van der Waals surface area contributed by atoms with Crippen molar-refractivity contribution in [3.63, 3.8) is 0 Å². The van der Waals surface area contributed by atoms with Crippen LogP contribution in [0.5, 0.6) is 11.5 Å². The van der Waals surface area contributed by atoms with Crippen LogP contribution in [0.1, 0.15) is 18.4 Å². The van der Waals surface area contributed by atoms with Gasteiger partial charge in [-0.15, -0.1) is 0 Å². The Morgan fingerprint density at radius 3 is 2.32 bits per heavy atom. The maximum atomic E-state index is 12.6. The first kappa shape index (κ1) is 22.7. The highest BCUT2D eigenvalue weighted by molar-refractivity contribution is 7.92.